The Morgan fingerprint density at radius 1 is 0.885 bits per heavy atom. The second-order valence-corrected chi connectivity index (χ2v) is 6.82. The first kappa shape index (κ1) is 17.9. The molecule has 1 heterocycles. The van der Waals surface area contributed by atoms with Gasteiger partial charge in [0.2, 0.25) is 0 Å². The van der Waals surface area contributed by atoms with Gasteiger partial charge in [-0.05, 0) is 50.5 Å². The molecule has 4 nitrogen and oxygen atoms in total. The normalized spacial score (nSPS) is 14.4. The molecule has 1 N–H and O–H groups in total. The molecule has 0 spiro atoms. The topological polar surface area (TPSA) is 49.4 Å². The number of nitrogens with one attached hydrogen (secondary N) is 1. The monoisotopic (exact) mass is 348 g/mol. The molecule has 0 aliphatic carbocycles. The largest absolute Gasteiger partial charge is 0.350 e. The third kappa shape index (κ3) is 3.27. The van der Waals surface area contributed by atoms with E-state index in [1.165, 1.54) is 4.90 Å². The van der Waals surface area contributed by atoms with E-state index < -0.39 is 0 Å². The molecule has 4 heteroatoms. The first-order valence-electron chi connectivity index (χ1n) is 8.94. The summed E-state index contributed by atoms with van der Waals surface area (Å²) in [7, 11) is 0. The molecular weight excluding hydrogens is 324 g/mol. The van der Waals surface area contributed by atoms with Crippen molar-refractivity contribution >= 4 is 23.1 Å². The maximum Gasteiger partial charge on any atom is 0.278 e. The molecule has 26 heavy (non-hydrogen) atoms. The third-order valence-corrected chi connectivity index (χ3v) is 4.59. The Hall–Kier alpha value is -2.88. The summed E-state index contributed by atoms with van der Waals surface area (Å²) in [6.45, 7) is 8.38. The average molecular weight is 348 g/mol. The number of benzene rings is 2. The maximum atomic E-state index is 13.0. The Bertz CT molecular complexity index is 895. The number of rotatable bonds is 5. The van der Waals surface area contributed by atoms with Crippen molar-refractivity contribution in [3.05, 3.63) is 70.4 Å². The van der Waals surface area contributed by atoms with Crippen LogP contribution in [0.2, 0.25) is 0 Å². The van der Waals surface area contributed by atoms with Gasteiger partial charge in [0, 0.05) is 12.2 Å². The van der Waals surface area contributed by atoms with Crippen molar-refractivity contribution in [3.8, 4) is 0 Å². The van der Waals surface area contributed by atoms with Gasteiger partial charge in [0.1, 0.15) is 5.70 Å². The lowest BCUT2D eigenvalue weighted by Crippen LogP contribution is -2.33. The number of amides is 2. The third-order valence-electron chi connectivity index (χ3n) is 4.59. The molecule has 134 valence electrons. The van der Waals surface area contributed by atoms with Gasteiger partial charge in [-0.1, -0.05) is 48.4 Å². The molecule has 0 bridgehead atoms. The molecule has 0 saturated carbocycles. The number of carbonyl (C=O) groups excluding carboxylic acids is 2. The summed E-state index contributed by atoms with van der Waals surface area (Å²) in [4.78, 5) is 27.3. The van der Waals surface area contributed by atoms with Crippen LogP contribution < -0.4 is 5.32 Å². The lowest BCUT2D eigenvalue weighted by Gasteiger charge is -2.14. The van der Waals surface area contributed by atoms with Gasteiger partial charge in [-0.2, -0.15) is 0 Å². The molecule has 0 aromatic heterocycles. The minimum Gasteiger partial charge on any atom is -0.350 e. The van der Waals surface area contributed by atoms with Gasteiger partial charge in [-0.3, -0.25) is 14.5 Å². The quantitative estimate of drug-likeness (QED) is 0.823. The molecule has 2 amide bonds. The first-order valence-corrected chi connectivity index (χ1v) is 8.94. The first-order chi connectivity index (χ1) is 12.4. The van der Waals surface area contributed by atoms with E-state index in [0.717, 1.165) is 34.4 Å². The molecule has 0 radical (unpaired) electrons. The molecule has 2 aromatic carbocycles. The second kappa shape index (κ2) is 7.16. The van der Waals surface area contributed by atoms with E-state index in [0.29, 0.717) is 17.8 Å². The Kier molecular flexibility index (Phi) is 4.94. The highest BCUT2D eigenvalue weighted by Crippen LogP contribution is 2.32. The van der Waals surface area contributed by atoms with Crippen LogP contribution in [-0.4, -0.2) is 23.3 Å². The summed E-state index contributed by atoms with van der Waals surface area (Å²) in [6, 6.07) is 13.7. The van der Waals surface area contributed by atoms with Crippen molar-refractivity contribution in [1.29, 1.82) is 0 Å². The van der Waals surface area contributed by atoms with Crippen molar-refractivity contribution < 1.29 is 9.59 Å². The highest BCUT2D eigenvalue weighted by atomic mass is 16.2. The Labute approximate surface area is 154 Å². The molecule has 1 aliphatic heterocycles. The summed E-state index contributed by atoms with van der Waals surface area (Å²) in [5.74, 6) is -0.481. The summed E-state index contributed by atoms with van der Waals surface area (Å²) in [5.41, 5.74) is 5.68. The van der Waals surface area contributed by atoms with Gasteiger partial charge >= 0.3 is 0 Å². The highest BCUT2D eigenvalue weighted by molar-refractivity contribution is 6.36. The predicted molar refractivity (Wildman–Crippen MR) is 105 cm³/mol. The number of hydrogen-bond donors (Lipinski definition) is 1. The number of nitrogens with zero attached hydrogens (tertiary/aromatic N) is 1. The van der Waals surface area contributed by atoms with Crippen molar-refractivity contribution in [1.82, 2.24) is 4.90 Å². The van der Waals surface area contributed by atoms with E-state index in [1.54, 1.807) is 0 Å². The summed E-state index contributed by atoms with van der Waals surface area (Å²) < 4.78 is 0. The molecule has 0 fully saturated rings. The van der Waals surface area contributed by atoms with E-state index >= 15 is 0 Å². The van der Waals surface area contributed by atoms with Crippen LogP contribution in [0.3, 0.4) is 0 Å². The molecule has 3 rings (SSSR count). The van der Waals surface area contributed by atoms with E-state index in [-0.39, 0.29) is 11.8 Å². The summed E-state index contributed by atoms with van der Waals surface area (Å²) >= 11 is 0. The van der Waals surface area contributed by atoms with Crippen LogP contribution in [0.1, 0.15) is 35.6 Å². The Morgan fingerprint density at radius 3 is 2.15 bits per heavy atom. The fourth-order valence-electron chi connectivity index (χ4n) is 3.24. The zero-order valence-corrected chi connectivity index (χ0v) is 15.7. The van der Waals surface area contributed by atoms with Gasteiger partial charge in [-0.25, -0.2) is 0 Å². The lowest BCUT2D eigenvalue weighted by molar-refractivity contribution is -0.136. The lowest BCUT2D eigenvalue weighted by atomic mass is 9.97. The highest BCUT2D eigenvalue weighted by Gasteiger charge is 2.39. The molecule has 0 unspecified atom stereocenters. The smallest absolute Gasteiger partial charge is 0.278 e. The van der Waals surface area contributed by atoms with Crippen molar-refractivity contribution in [3.63, 3.8) is 0 Å². The van der Waals surface area contributed by atoms with Gasteiger partial charge in [0.25, 0.3) is 11.8 Å². The standard InChI is InChI=1S/C22H24N2O2/c1-5-12-24-21(25)19(18-11-8-15(3)13-16(18)4)20(22(24)26)23-17-9-6-14(2)7-10-17/h6-11,13,23H,5,12H2,1-4H3. The van der Waals surface area contributed by atoms with E-state index in [2.05, 4.69) is 5.32 Å². The Balaban J connectivity index is 2.10. The summed E-state index contributed by atoms with van der Waals surface area (Å²) in [5, 5.41) is 3.19. The number of anilines is 1. The maximum absolute atomic E-state index is 13.0. The number of carbonyl (C=O) groups is 2. The van der Waals surface area contributed by atoms with Crippen LogP contribution in [0.25, 0.3) is 5.57 Å². The molecule has 2 aromatic rings. The summed E-state index contributed by atoms with van der Waals surface area (Å²) in [6.07, 6.45) is 0.732. The predicted octanol–water partition coefficient (Wildman–Crippen LogP) is 4.21. The van der Waals surface area contributed by atoms with Gasteiger partial charge in [0.05, 0.1) is 5.57 Å². The van der Waals surface area contributed by atoms with Gasteiger partial charge in [-0.15, -0.1) is 0 Å². The van der Waals surface area contributed by atoms with Crippen molar-refractivity contribution in [2.24, 2.45) is 0 Å². The number of hydrogen-bond acceptors (Lipinski definition) is 3. The minimum absolute atomic E-state index is 0.224. The van der Waals surface area contributed by atoms with Gasteiger partial charge < -0.3 is 5.32 Å². The minimum atomic E-state index is -0.257. The zero-order valence-electron chi connectivity index (χ0n) is 15.7. The Morgan fingerprint density at radius 2 is 1.54 bits per heavy atom. The van der Waals surface area contributed by atoms with Gasteiger partial charge in [0.15, 0.2) is 0 Å². The van der Waals surface area contributed by atoms with Crippen molar-refractivity contribution in [2.75, 3.05) is 11.9 Å². The van der Waals surface area contributed by atoms with Crippen LogP contribution in [0.15, 0.2) is 48.2 Å². The molecule has 1 aliphatic rings. The van der Waals surface area contributed by atoms with E-state index in [4.69, 9.17) is 0 Å². The van der Waals surface area contributed by atoms with Crippen LogP contribution >= 0.6 is 0 Å². The number of imide groups is 1. The fraction of sp³-hybridized carbons (Fsp3) is 0.273. The molecular formula is C22H24N2O2. The molecule has 0 saturated heterocycles. The van der Waals surface area contributed by atoms with Crippen molar-refractivity contribution in [2.45, 2.75) is 34.1 Å². The average Bonchev–Trinajstić information content (AvgIpc) is 2.82. The number of aryl methyl sites for hydroxylation is 3. The zero-order chi connectivity index (χ0) is 18.8. The molecule has 0 atom stereocenters. The van der Waals surface area contributed by atoms with Crippen LogP contribution in [-0.2, 0) is 9.59 Å². The SMILES string of the molecule is CCCN1C(=O)C(Nc2ccc(C)cc2)=C(c2ccc(C)cc2C)C1=O. The van der Waals surface area contributed by atoms with Crippen LogP contribution in [0.5, 0.6) is 0 Å². The van der Waals surface area contributed by atoms with Crippen LogP contribution in [0, 0.1) is 20.8 Å². The fourth-order valence-corrected chi connectivity index (χ4v) is 3.24. The van der Waals surface area contributed by atoms with E-state index in [1.807, 2.05) is 70.2 Å². The second-order valence-electron chi connectivity index (χ2n) is 6.82. The van der Waals surface area contributed by atoms with E-state index in [9.17, 15) is 9.59 Å². The van der Waals surface area contributed by atoms with Crippen LogP contribution in [0.4, 0.5) is 5.69 Å².